The minimum Gasteiger partial charge on any atom is -0.380 e. The molecule has 1 aliphatic heterocycles. The second kappa shape index (κ2) is 9.76. The van der Waals surface area contributed by atoms with Gasteiger partial charge < -0.3 is 10.1 Å². The molecular formula is C15H32N2O. The van der Waals surface area contributed by atoms with Gasteiger partial charge in [0.05, 0.1) is 6.61 Å². The number of ether oxygens (including phenoxy) is 1. The number of nitrogens with zero attached hydrogens (tertiary/aromatic N) is 1. The summed E-state index contributed by atoms with van der Waals surface area (Å²) in [5.74, 6) is 0.647. The molecule has 0 bridgehead atoms. The smallest absolute Gasteiger partial charge is 0.0593 e. The molecule has 3 heteroatoms. The van der Waals surface area contributed by atoms with E-state index in [1.54, 1.807) is 0 Å². The molecule has 1 fully saturated rings. The largest absolute Gasteiger partial charge is 0.380 e. The van der Waals surface area contributed by atoms with Crippen LogP contribution in [0, 0.1) is 5.92 Å². The number of piperidine rings is 1. The van der Waals surface area contributed by atoms with Gasteiger partial charge in [-0.15, -0.1) is 0 Å². The summed E-state index contributed by atoms with van der Waals surface area (Å²) in [5, 5.41) is 3.56. The van der Waals surface area contributed by atoms with E-state index in [9.17, 15) is 0 Å². The van der Waals surface area contributed by atoms with Crippen LogP contribution in [-0.4, -0.2) is 50.3 Å². The zero-order chi connectivity index (χ0) is 13.2. The Kier molecular flexibility index (Phi) is 8.64. The van der Waals surface area contributed by atoms with Gasteiger partial charge in [0.25, 0.3) is 0 Å². The minimum absolute atomic E-state index is 0.647. The van der Waals surface area contributed by atoms with E-state index in [0.717, 1.165) is 38.9 Å². The number of rotatable bonds is 9. The van der Waals surface area contributed by atoms with Crippen molar-refractivity contribution in [3.8, 4) is 0 Å². The van der Waals surface area contributed by atoms with Gasteiger partial charge >= 0.3 is 0 Å². The molecule has 1 unspecified atom stereocenters. The third kappa shape index (κ3) is 6.72. The van der Waals surface area contributed by atoms with Crippen LogP contribution in [0.3, 0.4) is 0 Å². The quantitative estimate of drug-likeness (QED) is 0.642. The zero-order valence-corrected chi connectivity index (χ0v) is 12.6. The van der Waals surface area contributed by atoms with E-state index in [4.69, 9.17) is 4.74 Å². The first kappa shape index (κ1) is 15.9. The molecule has 18 heavy (non-hydrogen) atoms. The lowest BCUT2D eigenvalue weighted by Gasteiger charge is -2.35. The van der Waals surface area contributed by atoms with Gasteiger partial charge in [-0.25, -0.2) is 0 Å². The summed E-state index contributed by atoms with van der Waals surface area (Å²) in [6, 6.07) is 0.730. The van der Waals surface area contributed by atoms with Crippen molar-refractivity contribution in [2.45, 2.75) is 52.5 Å². The van der Waals surface area contributed by atoms with Crippen LogP contribution < -0.4 is 5.32 Å². The van der Waals surface area contributed by atoms with Gasteiger partial charge in [0.2, 0.25) is 0 Å². The van der Waals surface area contributed by atoms with E-state index in [-0.39, 0.29) is 0 Å². The van der Waals surface area contributed by atoms with Gasteiger partial charge in [0, 0.05) is 25.7 Å². The number of nitrogens with one attached hydrogen (secondary N) is 1. The minimum atomic E-state index is 0.647. The molecule has 1 aliphatic rings. The molecule has 0 aliphatic carbocycles. The lowest BCUT2D eigenvalue weighted by molar-refractivity contribution is 0.0600. The summed E-state index contributed by atoms with van der Waals surface area (Å²) >= 11 is 0. The Morgan fingerprint density at radius 1 is 1.33 bits per heavy atom. The SMILES string of the molecule is CCCNCC1CCCCN1CCOCC(C)C. The van der Waals surface area contributed by atoms with Crippen molar-refractivity contribution < 1.29 is 4.74 Å². The highest BCUT2D eigenvalue weighted by Crippen LogP contribution is 2.16. The van der Waals surface area contributed by atoms with E-state index >= 15 is 0 Å². The number of hydrogen-bond donors (Lipinski definition) is 1. The topological polar surface area (TPSA) is 24.5 Å². The fraction of sp³-hybridized carbons (Fsp3) is 1.00. The van der Waals surface area contributed by atoms with E-state index < -0.39 is 0 Å². The van der Waals surface area contributed by atoms with E-state index in [1.807, 2.05) is 0 Å². The van der Waals surface area contributed by atoms with Crippen molar-refractivity contribution in [3.05, 3.63) is 0 Å². The lowest BCUT2D eigenvalue weighted by atomic mass is 10.0. The standard InChI is InChI=1S/C15H32N2O/c1-4-8-16-12-15-7-5-6-9-17(15)10-11-18-13-14(2)3/h14-16H,4-13H2,1-3H3. The second-order valence-corrected chi connectivity index (χ2v) is 5.86. The van der Waals surface area contributed by atoms with E-state index in [1.165, 1.54) is 32.2 Å². The summed E-state index contributed by atoms with van der Waals surface area (Å²) in [7, 11) is 0. The molecule has 1 rings (SSSR count). The van der Waals surface area contributed by atoms with Crippen LogP contribution in [0.5, 0.6) is 0 Å². The molecular weight excluding hydrogens is 224 g/mol. The summed E-state index contributed by atoms with van der Waals surface area (Å²) in [6.07, 6.45) is 5.32. The molecule has 1 N–H and O–H groups in total. The van der Waals surface area contributed by atoms with Gasteiger partial charge in [-0.05, 0) is 38.3 Å². The molecule has 0 spiro atoms. The fourth-order valence-electron chi connectivity index (χ4n) is 2.53. The van der Waals surface area contributed by atoms with Crippen molar-refractivity contribution in [3.63, 3.8) is 0 Å². The maximum absolute atomic E-state index is 5.71. The molecule has 0 amide bonds. The lowest BCUT2D eigenvalue weighted by Crippen LogP contribution is -2.46. The fourth-order valence-corrected chi connectivity index (χ4v) is 2.53. The average molecular weight is 256 g/mol. The van der Waals surface area contributed by atoms with Crippen molar-refractivity contribution >= 4 is 0 Å². The van der Waals surface area contributed by atoms with Gasteiger partial charge in [0.15, 0.2) is 0 Å². The molecule has 0 radical (unpaired) electrons. The molecule has 0 aromatic carbocycles. The summed E-state index contributed by atoms with van der Waals surface area (Å²) in [5.41, 5.74) is 0. The monoisotopic (exact) mass is 256 g/mol. The molecule has 0 aromatic heterocycles. The van der Waals surface area contributed by atoms with Crippen molar-refractivity contribution in [1.82, 2.24) is 10.2 Å². The van der Waals surface area contributed by atoms with Gasteiger partial charge in [-0.3, -0.25) is 4.90 Å². The first-order valence-corrected chi connectivity index (χ1v) is 7.76. The Morgan fingerprint density at radius 3 is 2.89 bits per heavy atom. The maximum atomic E-state index is 5.71. The Labute approximate surface area is 113 Å². The number of likely N-dealkylation sites (tertiary alicyclic amines) is 1. The predicted molar refractivity (Wildman–Crippen MR) is 78.0 cm³/mol. The highest BCUT2D eigenvalue weighted by Gasteiger charge is 2.21. The second-order valence-electron chi connectivity index (χ2n) is 5.86. The molecule has 108 valence electrons. The molecule has 0 saturated carbocycles. The van der Waals surface area contributed by atoms with Crippen LogP contribution in [-0.2, 0) is 4.74 Å². The van der Waals surface area contributed by atoms with Crippen molar-refractivity contribution in [2.24, 2.45) is 5.92 Å². The van der Waals surface area contributed by atoms with Crippen LogP contribution in [0.1, 0.15) is 46.5 Å². The normalized spacial score (nSPS) is 21.7. The highest BCUT2D eigenvalue weighted by atomic mass is 16.5. The van der Waals surface area contributed by atoms with Crippen LogP contribution in [0.15, 0.2) is 0 Å². The molecule has 1 saturated heterocycles. The molecule has 0 aromatic rings. The van der Waals surface area contributed by atoms with Crippen LogP contribution in [0.25, 0.3) is 0 Å². The summed E-state index contributed by atoms with van der Waals surface area (Å²) in [6.45, 7) is 13.1. The Morgan fingerprint density at radius 2 is 2.17 bits per heavy atom. The third-order valence-electron chi connectivity index (χ3n) is 3.53. The molecule has 1 heterocycles. The van der Waals surface area contributed by atoms with E-state index in [2.05, 4.69) is 31.0 Å². The first-order chi connectivity index (χ1) is 8.74. The van der Waals surface area contributed by atoms with Crippen LogP contribution >= 0.6 is 0 Å². The molecule has 3 nitrogen and oxygen atoms in total. The number of hydrogen-bond acceptors (Lipinski definition) is 3. The highest BCUT2D eigenvalue weighted by molar-refractivity contribution is 4.78. The Hall–Kier alpha value is -0.120. The Bertz CT molecular complexity index is 197. The predicted octanol–water partition coefficient (Wildman–Crippen LogP) is 2.51. The maximum Gasteiger partial charge on any atom is 0.0593 e. The van der Waals surface area contributed by atoms with Crippen molar-refractivity contribution in [2.75, 3.05) is 39.4 Å². The first-order valence-electron chi connectivity index (χ1n) is 7.76. The average Bonchev–Trinajstić information content (AvgIpc) is 2.36. The van der Waals surface area contributed by atoms with Gasteiger partial charge in [0.1, 0.15) is 0 Å². The van der Waals surface area contributed by atoms with E-state index in [0.29, 0.717) is 5.92 Å². The van der Waals surface area contributed by atoms with Crippen molar-refractivity contribution in [1.29, 1.82) is 0 Å². The molecule has 1 atom stereocenters. The summed E-state index contributed by atoms with van der Waals surface area (Å²) < 4.78 is 5.71. The zero-order valence-electron chi connectivity index (χ0n) is 12.6. The van der Waals surface area contributed by atoms with Gasteiger partial charge in [-0.1, -0.05) is 27.2 Å². The Balaban J connectivity index is 2.17. The van der Waals surface area contributed by atoms with Gasteiger partial charge in [-0.2, -0.15) is 0 Å². The third-order valence-corrected chi connectivity index (χ3v) is 3.53. The summed E-state index contributed by atoms with van der Waals surface area (Å²) in [4.78, 5) is 2.62. The van der Waals surface area contributed by atoms with Crippen LogP contribution in [0.4, 0.5) is 0 Å². The van der Waals surface area contributed by atoms with Crippen LogP contribution in [0.2, 0.25) is 0 Å².